The lowest BCUT2D eigenvalue weighted by molar-refractivity contribution is 0.364. The summed E-state index contributed by atoms with van der Waals surface area (Å²) in [5.41, 5.74) is 6.62. The second-order valence-corrected chi connectivity index (χ2v) is 7.36. The van der Waals surface area contributed by atoms with Gasteiger partial charge in [-0.25, -0.2) is 4.98 Å². The summed E-state index contributed by atoms with van der Waals surface area (Å²) in [4.78, 5) is 8.19. The summed E-state index contributed by atoms with van der Waals surface area (Å²) in [7, 11) is 0. The number of nitrogens with zero attached hydrogens (tertiary/aromatic N) is 2. The number of allylic oxidation sites excluding steroid dienone is 4. The fourth-order valence-corrected chi connectivity index (χ4v) is 4.16. The van der Waals surface area contributed by atoms with E-state index in [9.17, 15) is 5.11 Å². The lowest BCUT2D eigenvalue weighted by atomic mass is 9.84. The van der Waals surface area contributed by atoms with Gasteiger partial charge in [0.2, 0.25) is 0 Å². The summed E-state index contributed by atoms with van der Waals surface area (Å²) in [6.07, 6.45) is 6.51. The Labute approximate surface area is 157 Å². The third-order valence-corrected chi connectivity index (χ3v) is 5.67. The van der Waals surface area contributed by atoms with Gasteiger partial charge in [-0.05, 0) is 41.7 Å². The summed E-state index contributed by atoms with van der Waals surface area (Å²) >= 11 is 0. The van der Waals surface area contributed by atoms with Crippen LogP contribution >= 0.6 is 0 Å². The van der Waals surface area contributed by atoms with E-state index in [4.69, 9.17) is 4.98 Å². The van der Waals surface area contributed by atoms with Gasteiger partial charge < -0.3 is 15.4 Å². The molecule has 4 N–H and O–H groups in total. The van der Waals surface area contributed by atoms with Crippen LogP contribution in [-0.2, 0) is 13.0 Å². The summed E-state index contributed by atoms with van der Waals surface area (Å²) in [6, 6.07) is 6.42. The zero-order chi connectivity index (χ0) is 18.4. The minimum absolute atomic E-state index is 0.346. The van der Waals surface area contributed by atoms with Gasteiger partial charge in [0, 0.05) is 31.3 Å². The van der Waals surface area contributed by atoms with Crippen molar-refractivity contribution in [1.29, 1.82) is 0 Å². The lowest BCUT2D eigenvalue weighted by Gasteiger charge is -2.22. The minimum atomic E-state index is 0.346. The topological polar surface area (TPSA) is 89.6 Å². The third-order valence-electron chi connectivity index (χ3n) is 5.67. The van der Waals surface area contributed by atoms with Crippen molar-refractivity contribution in [2.45, 2.75) is 32.7 Å². The van der Waals surface area contributed by atoms with E-state index in [1.807, 2.05) is 12.2 Å². The minimum Gasteiger partial charge on any atom is -0.512 e. The smallest absolute Gasteiger partial charge is 0.159 e. The molecule has 2 aliphatic rings. The van der Waals surface area contributed by atoms with E-state index in [2.05, 4.69) is 45.6 Å². The van der Waals surface area contributed by atoms with Gasteiger partial charge in [0.15, 0.2) is 5.82 Å². The molecule has 3 aromatic rings. The molecule has 1 unspecified atom stereocenters. The van der Waals surface area contributed by atoms with Crippen LogP contribution in [-0.4, -0.2) is 31.8 Å². The maximum Gasteiger partial charge on any atom is 0.159 e. The van der Waals surface area contributed by atoms with Crippen LogP contribution in [0.15, 0.2) is 36.1 Å². The Morgan fingerprint density at radius 1 is 1.26 bits per heavy atom. The van der Waals surface area contributed by atoms with Crippen LogP contribution < -0.4 is 5.32 Å². The molecule has 0 bridgehead atoms. The van der Waals surface area contributed by atoms with E-state index in [1.165, 1.54) is 11.1 Å². The van der Waals surface area contributed by atoms with E-state index in [-0.39, 0.29) is 0 Å². The number of hydrogen-bond donors (Lipinski definition) is 4. The van der Waals surface area contributed by atoms with Gasteiger partial charge >= 0.3 is 0 Å². The number of aliphatic hydroxyl groups is 1. The molecule has 0 saturated carbocycles. The SMILES string of the molecule is CCC1CC(O)=CC=C1c1ccc2c(-c3nc4c([nH]3)CNCC4)n[nH]c2c1. The number of H-pyrrole nitrogens is 2. The number of benzene rings is 1. The van der Waals surface area contributed by atoms with Crippen molar-refractivity contribution in [3.05, 3.63) is 53.1 Å². The molecule has 1 aliphatic heterocycles. The second-order valence-electron chi connectivity index (χ2n) is 7.36. The van der Waals surface area contributed by atoms with E-state index in [0.717, 1.165) is 59.7 Å². The summed E-state index contributed by atoms with van der Waals surface area (Å²) in [6.45, 7) is 3.97. The summed E-state index contributed by atoms with van der Waals surface area (Å²) in [5, 5.41) is 22.0. The molecule has 6 heteroatoms. The summed E-state index contributed by atoms with van der Waals surface area (Å²) in [5.74, 6) is 1.64. The molecule has 138 valence electrons. The third kappa shape index (κ3) is 2.77. The highest BCUT2D eigenvalue weighted by molar-refractivity contribution is 5.93. The lowest BCUT2D eigenvalue weighted by Crippen LogP contribution is -2.23. The van der Waals surface area contributed by atoms with Gasteiger partial charge in [0.1, 0.15) is 5.69 Å². The first kappa shape index (κ1) is 16.3. The van der Waals surface area contributed by atoms with E-state index >= 15 is 0 Å². The van der Waals surface area contributed by atoms with Gasteiger partial charge in [0.05, 0.1) is 22.7 Å². The molecule has 1 aromatic carbocycles. The van der Waals surface area contributed by atoms with Crippen molar-refractivity contribution in [1.82, 2.24) is 25.5 Å². The molecule has 0 amide bonds. The number of aromatic nitrogens is 4. The normalized spacial score (nSPS) is 19.7. The van der Waals surface area contributed by atoms with Gasteiger partial charge in [-0.1, -0.05) is 19.1 Å². The van der Waals surface area contributed by atoms with Crippen molar-refractivity contribution in [3.8, 4) is 11.5 Å². The molecule has 3 heterocycles. The Bertz CT molecular complexity index is 1050. The van der Waals surface area contributed by atoms with Crippen LogP contribution in [0.25, 0.3) is 28.0 Å². The number of nitrogens with one attached hydrogen (secondary N) is 3. The van der Waals surface area contributed by atoms with Gasteiger partial charge in [-0.2, -0.15) is 5.10 Å². The number of rotatable bonds is 3. The standard InChI is InChI=1S/C21H23N5O/c1-2-12-9-14(27)4-6-15(12)13-3-5-16-18(10-13)25-26-20(16)21-23-17-7-8-22-11-19(17)24-21/h3-6,10,12,22,27H,2,7-9,11H2,1H3,(H,23,24)(H,25,26). The molecule has 0 spiro atoms. The molecule has 0 saturated heterocycles. The van der Waals surface area contributed by atoms with Crippen molar-refractivity contribution in [3.63, 3.8) is 0 Å². The highest BCUT2D eigenvalue weighted by atomic mass is 16.3. The zero-order valence-electron chi connectivity index (χ0n) is 15.3. The number of aromatic amines is 2. The molecule has 0 fully saturated rings. The fourth-order valence-electron chi connectivity index (χ4n) is 4.16. The van der Waals surface area contributed by atoms with Crippen LogP contribution in [0, 0.1) is 5.92 Å². The van der Waals surface area contributed by atoms with Crippen LogP contribution in [0.4, 0.5) is 0 Å². The first-order valence-electron chi connectivity index (χ1n) is 9.60. The Morgan fingerprint density at radius 3 is 3.04 bits per heavy atom. The molecule has 5 rings (SSSR count). The molecular formula is C21H23N5O. The Morgan fingerprint density at radius 2 is 2.19 bits per heavy atom. The van der Waals surface area contributed by atoms with Crippen LogP contribution in [0.2, 0.25) is 0 Å². The first-order valence-corrected chi connectivity index (χ1v) is 9.60. The number of fused-ring (bicyclic) bond motifs is 2. The largest absolute Gasteiger partial charge is 0.512 e. The second kappa shape index (κ2) is 6.39. The van der Waals surface area contributed by atoms with Crippen molar-refractivity contribution in [2.24, 2.45) is 5.92 Å². The van der Waals surface area contributed by atoms with Crippen LogP contribution in [0.5, 0.6) is 0 Å². The Balaban J connectivity index is 1.54. The maximum absolute atomic E-state index is 9.83. The van der Waals surface area contributed by atoms with Crippen molar-refractivity contribution < 1.29 is 5.11 Å². The molecule has 1 aliphatic carbocycles. The van der Waals surface area contributed by atoms with Gasteiger partial charge in [-0.15, -0.1) is 0 Å². The highest BCUT2D eigenvalue weighted by Crippen LogP contribution is 2.36. The van der Waals surface area contributed by atoms with Crippen LogP contribution in [0.1, 0.15) is 36.7 Å². The monoisotopic (exact) mass is 361 g/mol. The quantitative estimate of drug-likeness (QED) is 0.570. The van der Waals surface area contributed by atoms with E-state index in [1.54, 1.807) is 0 Å². The molecule has 1 atom stereocenters. The Hall–Kier alpha value is -2.86. The first-order chi connectivity index (χ1) is 13.2. The number of hydrogen-bond acceptors (Lipinski definition) is 4. The predicted octanol–water partition coefficient (Wildman–Crippen LogP) is 3.85. The van der Waals surface area contributed by atoms with Crippen molar-refractivity contribution in [2.75, 3.05) is 6.54 Å². The van der Waals surface area contributed by atoms with Gasteiger partial charge in [0.25, 0.3) is 0 Å². The van der Waals surface area contributed by atoms with E-state index < -0.39 is 0 Å². The zero-order valence-corrected chi connectivity index (χ0v) is 15.3. The van der Waals surface area contributed by atoms with Gasteiger partial charge in [-0.3, -0.25) is 5.10 Å². The number of aliphatic hydroxyl groups excluding tert-OH is 1. The molecule has 0 radical (unpaired) electrons. The molecular weight excluding hydrogens is 338 g/mol. The average Bonchev–Trinajstić information content (AvgIpc) is 3.30. The Kier molecular flexibility index (Phi) is 3.86. The fraction of sp³-hybridized carbons (Fsp3) is 0.333. The maximum atomic E-state index is 9.83. The molecule has 6 nitrogen and oxygen atoms in total. The molecule has 27 heavy (non-hydrogen) atoms. The summed E-state index contributed by atoms with van der Waals surface area (Å²) < 4.78 is 0. The van der Waals surface area contributed by atoms with Crippen molar-refractivity contribution >= 4 is 16.5 Å². The predicted molar refractivity (Wildman–Crippen MR) is 106 cm³/mol. The molecule has 2 aromatic heterocycles. The highest BCUT2D eigenvalue weighted by Gasteiger charge is 2.21. The van der Waals surface area contributed by atoms with Crippen LogP contribution in [0.3, 0.4) is 0 Å². The average molecular weight is 361 g/mol. The van der Waals surface area contributed by atoms with E-state index in [0.29, 0.717) is 18.1 Å². The number of imidazole rings is 1.